The summed E-state index contributed by atoms with van der Waals surface area (Å²) in [6.07, 6.45) is 0. The van der Waals surface area contributed by atoms with Gasteiger partial charge in [0.2, 0.25) is 0 Å². The number of aryl methyl sites for hydroxylation is 2. The van der Waals surface area contributed by atoms with Crippen molar-refractivity contribution in [3.05, 3.63) is 52.0 Å². The van der Waals surface area contributed by atoms with Crippen molar-refractivity contribution in [3.8, 4) is 5.40 Å². The van der Waals surface area contributed by atoms with E-state index in [1.807, 2.05) is 19.2 Å². The highest BCUT2D eigenvalue weighted by molar-refractivity contribution is 8.03. The third-order valence-corrected chi connectivity index (χ3v) is 4.41. The van der Waals surface area contributed by atoms with E-state index in [2.05, 4.69) is 5.32 Å². The molecule has 6 nitrogen and oxygen atoms in total. The predicted octanol–water partition coefficient (Wildman–Crippen LogP) is 3.91. The molecule has 0 aromatic heterocycles. The number of thioether (sulfide) groups is 1. The Labute approximate surface area is 160 Å². The van der Waals surface area contributed by atoms with Crippen molar-refractivity contribution in [3.63, 3.8) is 0 Å². The Morgan fingerprint density at radius 3 is 2.50 bits per heavy atom. The molecule has 0 saturated heterocycles. The first-order chi connectivity index (χ1) is 12.3. The van der Waals surface area contributed by atoms with Crippen LogP contribution in [0, 0.1) is 24.5 Å². The van der Waals surface area contributed by atoms with Crippen LogP contribution < -0.4 is 11.1 Å². The first-order valence-corrected chi connectivity index (χ1v) is 8.70. The Bertz CT molecular complexity index is 886. The van der Waals surface area contributed by atoms with Gasteiger partial charge in [0.25, 0.3) is 5.91 Å². The fraction of sp³-hybridized carbons (Fsp3) is 0.167. The van der Waals surface area contributed by atoms with Crippen LogP contribution in [0.15, 0.2) is 35.2 Å². The summed E-state index contributed by atoms with van der Waals surface area (Å²) in [5.41, 5.74) is 8.37. The predicted molar refractivity (Wildman–Crippen MR) is 102 cm³/mol. The van der Waals surface area contributed by atoms with Crippen molar-refractivity contribution < 1.29 is 14.3 Å². The maximum Gasteiger partial charge on any atom is 0.338 e. The van der Waals surface area contributed by atoms with Crippen LogP contribution >= 0.6 is 23.4 Å². The summed E-state index contributed by atoms with van der Waals surface area (Å²) in [5, 5.41) is 13.8. The molecule has 0 aliphatic heterocycles. The van der Waals surface area contributed by atoms with E-state index in [9.17, 15) is 9.59 Å². The van der Waals surface area contributed by atoms with Gasteiger partial charge in [-0.2, -0.15) is 5.26 Å². The summed E-state index contributed by atoms with van der Waals surface area (Å²) in [6.45, 7) is 3.22. The topological polar surface area (TPSA) is 105 Å². The highest BCUT2D eigenvalue weighted by Gasteiger charge is 2.14. The van der Waals surface area contributed by atoms with Crippen LogP contribution in [-0.4, -0.2) is 18.5 Å². The average molecular weight is 390 g/mol. The molecule has 0 heterocycles. The van der Waals surface area contributed by atoms with Gasteiger partial charge in [-0.05, 0) is 67.1 Å². The number of benzene rings is 2. The molecule has 134 valence electrons. The minimum Gasteiger partial charge on any atom is -0.452 e. The number of nitrogens with one attached hydrogen (secondary N) is 1. The van der Waals surface area contributed by atoms with Gasteiger partial charge >= 0.3 is 5.97 Å². The van der Waals surface area contributed by atoms with Crippen LogP contribution in [0.1, 0.15) is 21.5 Å². The molecule has 2 rings (SSSR count). The van der Waals surface area contributed by atoms with Gasteiger partial charge in [0.15, 0.2) is 6.61 Å². The van der Waals surface area contributed by atoms with E-state index in [1.165, 1.54) is 18.2 Å². The Morgan fingerprint density at radius 2 is 1.92 bits per heavy atom. The Hall–Kier alpha value is -2.69. The molecule has 8 heteroatoms. The minimum absolute atomic E-state index is 0.213. The number of halogens is 1. The van der Waals surface area contributed by atoms with Gasteiger partial charge in [-0.3, -0.25) is 4.79 Å². The van der Waals surface area contributed by atoms with E-state index in [1.54, 1.807) is 12.1 Å². The second-order valence-corrected chi connectivity index (χ2v) is 6.75. The van der Waals surface area contributed by atoms with E-state index in [0.29, 0.717) is 10.7 Å². The maximum atomic E-state index is 12.1. The minimum atomic E-state index is -0.669. The molecule has 0 aliphatic carbocycles. The van der Waals surface area contributed by atoms with Crippen molar-refractivity contribution in [2.24, 2.45) is 0 Å². The molecule has 0 atom stereocenters. The molecule has 0 unspecified atom stereocenters. The normalized spacial score (nSPS) is 10.1. The number of carbonyl (C=O) groups excluding carboxylic acids is 2. The number of anilines is 2. The molecule has 26 heavy (non-hydrogen) atoms. The number of hydrogen-bond donors (Lipinski definition) is 2. The zero-order valence-corrected chi connectivity index (χ0v) is 15.7. The van der Waals surface area contributed by atoms with Crippen LogP contribution in [-0.2, 0) is 9.53 Å². The first-order valence-electron chi connectivity index (χ1n) is 7.51. The van der Waals surface area contributed by atoms with Gasteiger partial charge in [0, 0.05) is 10.6 Å². The molecular weight excluding hydrogens is 374 g/mol. The smallest absolute Gasteiger partial charge is 0.338 e. The number of amides is 1. The van der Waals surface area contributed by atoms with Crippen LogP contribution in [0.4, 0.5) is 11.4 Å². The van der Waals surface area contributed by atoms with Gasteiger partial charge in [-0.25, -0.2) is 4.79 Å². The van der Waals surface area contributed by atoms with Crippen molar-refractivity contribution in [1.82, 2.24) is 0 Å². The number of carbonyl (C=O) groups is 2. The van der Waals surface area contributed by atoms with Crippen molar-refractivity contribution in [1.29, 1.82) is 5.26 Å². The summed E-state index contributed by atoms with van der Waals surface area (Å²) >= 11 is 6.85. The third kappa shape index (κ3) is 4.91. The molecule has 0 bridgehead atoms. The Morgan fingerprint density at radius 1 is 1.27 bits per heavy atom. The number of hydrogen-bond acceptors (Lipinski definition) is 6. The molecule has 1 amide bonds. The largest absolute Gasteiger partial charge is 0.452 e. The number of esters is 1. The van der Waals surface area contributed by atoms with E-state index >= 15 is 0 Å². The summed E-state index contributed by atoms with van der Waals surface area (Å²) in [5.74, 6) is -1.13. The number of rotatable bonds is 5. The highest BCUT2D eigenvalue weighted by atomic mass is 35.5. The second kappa shape index (κ2) is 8.61. The molecule has 3 N–H and O–H groups in total. The molecule has 2 aromatic rings. The van der Waals surface area contributed by atoms with Gasteiger partial charge < -0.3 is 15.8 Å². The lowest BCUT2D eigenvalue weighted by Gasteiger charge is -2.13. The molecule has 2 aromatic carbocycles. The van der Waals surface area contributed by atoms with Crippen molar-refractivity contribution in [2.45, 2.75) is 18.7 Å². The molecular formula is C18H16ClN3O3S. The number of nitrogens with zero attached hydrogens (tertiary/aromatic N) is 1. The number of thiocyanates is 1. The summed E-state index contributed by atoms with van der Waals surface area (Å²) in [6, 6.07) is 7.96. The Kier molecular flexibility index (Phi) is 6.50. The van der Waals surface area contributed by atoms with E-state index in [0.717, 1.165) is 27.8 Å². The average Bonchev–Trinajstić information content (AvgIpc) is 2.58. The Balaban J connectivity index is 2.00. The fourth-order valence-corrected chi connectivity index (χ4v) is 2.99. The van der Waals surface area contributed by atoms with Gasteiger partial charge in [-0.1, -0.05) is 11.6 Å². The fourth-order valence-electron chi connectivity index (χ4n) is 2.29. The molecule has 0 saturated carbocycles. The first kappa shape index (κ1) is 19.6. The van der Waals surface area contributed by atoms with E-state index < -0.39 is 18.5 Å². The standard InChI is InChI=1S/C18H16ClN3O3S/c1-10-5-13(26-9-20)6-11(2)17(10)22-16(23)8-25-18(24)12-3-4-14(19)15(21)7-12/h3-7H,8,21H2,1-2H3,(H,22,23). The number of nitrogen functional groups attached to an aromatic ring is 1. The number of nitriles is 1. The van der Waals surface area contributed by atoms with Crippen molar-refractivity contribution in [2.75, 3.05) is 17.7 Å². The molecule has 0 spiro atoms. The molecule has 0 aliphatic rings. The summed E-state index contributed by atoms with van der Waals surface area (Å²) in [7, 11) is 0. The number of nitrogens with two attached hydrogens (primary N) is 1. The summed E-state index contributed by atoms with van der Waals surface area (Å²) in [4.78, 5) is 24.9. The van der Waals surface area contributed by atoms with Crippen LogP contribution in [0.5, 0.6) is 0 Å². The van der Waals surface area contributed by atoms with Gasteiger partial charge in [0.05, 0.1) is 16.3 Å². The zero-order valence-electron chi connectivity index (χ0n) is 14.1. The van der Waals surface area contributed by atoms with Crippen LogP contribution in [0.2, 0.25) is 5.02 Å². The van der Waals surface area contributed by atoms with E-state index in [4.69, 9.17) is 27.3 Å². The monoisotopic (exact) mass is 389 g/mol. The molecule has 0 radical (unpaired) electrons. The van der Waals surface area contributed by atoms with Crippen LogP contribution in [0.3, 0.4) is 0 Å². The lowest BCUT2D eigenvalue weighted by atomic mass is 10.1. The lowest BCUT2D eigenvalue weighted by Crippen LogP contribution is -2.22. The third-order valence-electron chi connectivity index (χ3n) is 3.50. The summed E-state index contributed by atoms with van der Waals surface area (Å²) < 4.78 is 5.00. The second-order valence-electron chi connectivity index (χ2n) is 5.49. The van der Waals surface area contributed by atoms with Crippen LogP contribution in [0.25, 0.3) is 0 Å². The zero-order chi connectivity index (χ0) is 19.3. The quantitative estimate of drug-likeness (QED) is 0.347. The molecule has 0 fully saturated rings. The van der Waals surface area contributed by atoms with Gasteiger partial charge in [-0.15, -0.1) is 0 Å². The SMILES string of the molecule is Cc1cc(SC#N)cc(C)c1NC(=O)COC(=O)c1ccc(Cl)c(N)c1. The maximum absolute atomic E-state index is 12.1. The van der Waals surface area contributed by atoms with E-state index in [-0.39, 0.29) is 11.3 Å². The van der Waals surface area contributed by atoms with Crippen molar-refractivity contribution >= 4 is 46.6 Å². The lowest BCUT2D eigenvalue weighted by molar-refractivity contribution is -0.119. The highest BCUT2D eigenvalue weighted by Crippen LogP contribution is 2.27. The number of ether oxygens (including phenoxy) is 1. The van der Waals surface area contributed by atoms with Gasteiger partial charge in [0.1, 0.15) is 5.40 Å².